The zero-order valence-electron chi connectivity index (χ0n) is 15.4. The smallest absolute Gasteiger partial charge is 0.352 e. The molecule has 7 nitrogen and oxygen atoms in total. The number of carboxylic acids is 1. The Balaban J connectivity index is 1.73. The van der Waals surface area contributed by atoms with Crippen molar-refractivity contribution in [3.63, 3.8) is 0 Å². The number of nitrogens with one attached hydrogen (secondary N) is 2. The lowest BCUT2D eigenvalue weighted by Crippen LogP contribution is -2.25. The Morgan fingerprint density at radius 3 is 2.72 bits per heavy atom. The number of fused-ring (bicyclic) bond motifs is 1. The molecular formula is C21H17BrN4O3. The van der Waals surface area contributed by atoms with Crippen molar-refractivity contribution < 1.29 is 14.7 Å². The van der Waals surface area contributed by atoms with Crippen LogP contribution in [0.25, 0.3) is 0 Å². The van der Waals surface area contributed by atoms with Crippen LogP contribution in [-0.4, -0.2) is 26.8 Å². The van der Waals surface area contributed by atoms with Gasteiger partial charge in [-0.15, -0.1) is 0 Å². The molecule has 8 heteroatoms. The van der Waals surface area contributed by atoms with Gasteiger partial charge in [0.1, 0.15) is 17.1 Å². The largest absolute Gasteiger partial charge is 0.477 e. The van der Waals surface area contributed by atoms with Gasteiger partial charge in [0.2, 0.25) is 0 Å². The lowest BCUT2D eigenvalue weighted by Gasteiger charge is -2.24. The van der Waals surface area contributed by atoms with Gasteiger partial charge < -0.3 is 15.7 Å². The van der Waals surface area contributed by atoms with Gasteiger partial charge in [-0.25, -0.2) is 9.48 Å². The Morgan fingerprint density at radius 1 is 1.21 bits per heavy atom. The van der Waals surface area contributed by atoms with Gasteiger partial charge in [-0.2, -0.15) is 5.10 Å². The molecule has 0 aliphatic carbocycles. The first kappa shape index (κ1) is 18.9. The molecule has 1 atom stereocenters. The standard InChI is InChI=1S/C21H17BrN4O3/c1-12-4-2-7-15(8-12)24-20(27)16-11-23-26-18(13-5-3-6-14(22)9-13)10-17(21(28)29)25-19(16)26/h2-11,18,25H,1H3,(H,24,27)(H,28,29)/t18-/m0/s1. The van der Waals surface area contributed by atoms with Crippen LogP contribution < -0.4 is 10.6 Å². The third-order valence-corrected chi connectivity index (χ3v) is 5.07. The van der Waals surface area contributed by atoms with E-state index in [9.17, 15) is 14.7 Å². The van der Waals surface area contributed by atoms with Gasteiger partial charge in [-0.1, -0.05) is 40.2 Å². The molecule has 29 heavy (non-hydrogen) atoms. The van der Waals surface area contributed by atoms with Gasteiger partial charge in [0.05, 0.1) is 12.2 Å². The number of hydrogen-bond acceptors (Lipinski definition) is 4. The van der Waals surface area contributed by atoms with Crippen LogP contribution >= 0.6 is 15.9 Å². The number of carbonyl (C=O) groups is 2. The van der Waals surface area contributed by atoms with E-state index in [1.165, 1.54) is 6.20 Å². The molecule has 0 radical (unpaired) electrons. The number of benzene rings is 2. The van der Waals surface area contributed by atoms with Crippen molar-refractivity contribution in [2.45, 2.75) is 13.0 Å². The SMILES string of the molecule is Cc1cccc(NC(=O)c2cnn3c2NC(C(=O)O)=C[C@H]3c2cccc(Br)c2)c1. The molecule has 2 heterocycles. The molecule has 3 N–H and O–H groups in total. The first-order valence-corrected chi connectivity index (χ1v) is 9.65. The van der Waals surface area contributed by atoms with E-state index in [-0.39, 0.29) is 17.2 Å². The number of carboxylic acid groups (broad SMARTS) is 1. The van der Waals surface area contributed by atoms with Crippen molar-refractivity contribution >= 4 is 39.3 Å². The van der Waals surface area contributed by atoms with E-state index in [0.29, 0.717) is 11.5 Å². The van der Waals surface area contributed by atoms with Crippen molar-refractivity contribution in [2.75, 3.05) is 10.6 Å². The summed E-state index contributed by atoms with van der Waals surface area (Å²) in [6.07, 6.45) is 3.02. The number of rotatable bonds is 4. The van der Waals surface area contributed by atoms with Crippen LogP contribution in [0.5, 0.6) is 0 Å². The fourth-order valence-electron chi connectivity index (χ4n) is 3.24. The average molecular weight is 453 g/mol. The molecule has 1 amide bonds. The maximum Gasteiger partial charge on any atom is 0.352 e. The lowest BCUT2D eigenvalue weighted by atomic mass is 10.0. The van der Waals surface area contributed by atoms with Gasteiger partial charge in [-0.05, 0) is 48.4 Å². The summed E-state index contributed by atoms with van der Waals surface area (Å²) < 4.78 is 2.48. The number of aromatic nitrogens is 2. The van der Waals surface area contributed by atoms with Gasteiger partial charge in [0, 0.05) is 10.2 Å². The van der Waals surface area contributed by atoms with Crippen LogP contribution in [0.1, 0.15) is 27.5 Å². The molecule has 3 aromatic rings. The molecule has 0 unspecified atom stereocenters. The molecular weight excluding hydrogens is 436 g/mol. The van der Waals surface area contributed by atoms with Crippen molar-refractivity contribution in [3.8, 4) is 0 Å². The molecule has 1 aromatic heterocycles. The van der Waals surface area contributed by atoms with Gasteiger partial charge in [-0.3, -0.25) is 4.79 Å². The van der Waals surface area contributed by atoms with E-state index < -0.39 is 12.0 Å². The van der Waals surface area contributed by atoms with Crippen LogP contribution in [-0.2, 0) is 4.79 Å². The summed E-state index contributed by atoms with van der Waals surface area (Å²) in [6.45, 7) is 1.94. The number of amides is 1. The van der Waals surface area contributed by atoms with Crippen molar-refractivity contribution in [1.82, 2.24) is 9.78 Å². The molecule has 146 valence electrons. The monoisotopic (exact) mass is 452 g/mol. The summed E-state index contributed by atoms with van der Waals surface area (Å²) in [5.74, 6) is -1.15. The van der Waals surface area contributed by atoms with Gasteiger partial charge in [0.25, 0.3) is 5.91 Å². The second kappa shape index (κ2) is 7.56. The molecule has 0 fully saturated rings. The minimum Gasteiger partial charge on any atom is -0.477 e. The van der Waals surface area contributed by atoms with Gasteiger partial charge >= 0.3 is 5.97 Å². The average Bonchev–Trinajstić information content (AvgIpc) is 3.11. The summed E-state index contributed by atoms with van der Waals surface area (Å²) in [5.41, 5.74) is 2.77. The van der Waals surface area contributed by atoms with E-state index in [4.69, 9.17) is 0 Å². The number of anilines is 2. The number of hydrogen-bond donors (Lipinski definition) is 3. The van der Waals surface area contributed by atoms with E-state index in [2.05, 4.69) is 31.7 Å². The summed E-state index contributed by atoms with van der Waals surface area (Å²) in [7, 11) is 0. The van der Waals surface area contributed by atoms with E-state index in [1.807, 2.05) is 49.4 Å². The summed E-state index contributed by atoms with van der Waals surface area (Å²) in [4.78, 5) is 24.5. The summed E-state index contributed by atoms with van der Waals surface area (Å²) in [5, 5.41) is 19.6. The summed E-state index contributed by atoms with van der Waals surface area (Å²) in [6, 6.07) is 14.5. The van der Waals surface area contributed by atoms with Crippen molar-refractivity contribution in [2.24, 2.45) is 0 Å². The van der Waals surface area contributed by atoms with Crippen LogP contribution in [0.3, 0.4) is 0 Å². The quantitative estimate of drug-likeness (QED) is 0.551. The Kier molecular flexibility index (Phi) is 4.94. The Bertz CT molecular complexity index is 1150. The Labute approximate surface area is 175 Å². The number of carbonyl (C=O) groups excluding carboxylic acids is 1. The van der Waals surface area contributed by atoms with Crippen LogP contribution in [0.4, 0.5) is 11.5 Å². The lowest BCUT2D eigenvalue weighted by molar-refractivity contribution is -0.132. The fraction of sp³-hybridized carbons (Fsp3) is 0.0952. The Morgan fingerprint density at radius 2 is 2.00 bits per heavy atom. The Hall–Kier alpha value is -3.39. The number of aryl methyl sites for hydroxylation is 1. The van der Waals surface area contributed by atoms with Crippen molar-refractivity contribution in [3.05, 3.63) is 87.7 Å². The third-order valence-electron chi connectivity index (χ3n) is 4.58. The highest BCUT2D eigenvalue weighted by atomic mass is 79.9. The first-order valence-electron chi connectivity index (χ1n) is 8.85. The molecule has 0 saturated heterocycles. The van der Waals surface area contributed by atoms with E-state index in [1.54, 1.807) is 16.8 Å². The van der Waals surface area contributed by atoms with Crippen LogP contribution in [0.2, 0.25) is 0 Å². The van der Waals surface area contributed by atoms with Crippen LogP contribution in [0.15, 0.2) is 71.0 Å². The number of nitrogens with zero attached hydrogens (tertiary/aromatic N) is 2. The molecule has 4 rings (SSSR count). The zero-order valence-corrected chi connectivity index (χ0v) is 17.0. The maximum absolute atomic E-state index is 12.9. The zero-order chi connectivity index (χ0) is 20.5. The fourth-order valence-corrected chi connectivity index (χ4v) is 3.65. The summed E-state index contributed by atoms with van der Waals surface area (Å²) >= 11 is 3.44. The number of allylic oxidation sites excluding steroid dienone is 1. The molecule has 2 aromatic carbocycles. The van der Waals surface area contributed by atoms with Gasteiger partial charge in [0.15, 0.2) is 0 Å². The highest BCUT2D eigenvalue weighted by molar-refractivity contribution is 9.10. The first-order chi connectivity index (χ1) is 13.9. The molecule has 1 aliphatic heterocycles. The predicted octanol–water partition coefficient (Wildman–Crippen LogP) is 4.19. The minimum atomic E-state index is -1.11. The highest BCUT2D eigenvalue weighted by Crippen LogP contribution is 2.33. The molecule has 1 aliphatic rings. The highest BCUT2D eigenvalue weighted by Gasteiger charge is 2.29. The predicted molar refractivity (Wildman–Crippen MR) is 113 cm³/mol. The topological polar surface area (TPSA) is 96.3 Å². The van der Waals surface area contributed by atoms with Crippen molar-refractivity contribution in [1.29, 1.82) is 0 Å². The number of aliphatic carboxylic acids is 1. The second-order valence-electron chi connectivity index (χ2n) is 6.69. The second-order valence-corrected chi connectivity index (χ2v) is 7.60. The van der Waals surface area contributed by atoms with Crippen LogP contribution in [0, 0.1) is 6.92 Å². The third kappa shape index (κ3) is 3.79. The minimum absolute atomic E-state index is 0.00687. The molecule has 0 saturated carbocycles. The maximum atomic E-state index is 12.9. The van der Waals surface area contributed by atoms with E-state index in [0.717, 1.165) is 15.6 Å². The molecule has 0 spiro atoms. The molecule has 0 bridgehead atoms. The van der Waals surface area contributed by atoms with E-state index >= 15 is 0 Å². The number of halogens is 1. The normalized spacial score (nSPS) is 15.1.